The molecule has 0 aliphatic carbocycles. The molecule has 1 aliphatic rings. The van der Waals surface area contributed by atoms with Crippen molar-refractivity contribution in [1.82, 2.24) is 10.2 Å². The molecular weight excluding hydrogens is 347 g/mol. The van der Waals surface area contributed by atoms with Crippen LogP contribution in [-0.4, -0.2) is 34.6 Å². The van der Waals surface area contributed by atoms with Crippen molar-refractivity contribution >= 4 is 12.0 Å². The highest BCUT2D eigenvalue weighted by molar-refractivity contribution is 5.75. The zero-order valence-corrected chi connectivity index (χ0v) is 15.0. The first-order chi connectivity index (χ1) is 13.0. The topological polar surface area (TPSA) is 69.6 Å². The summed E-state index contributed by atoms with van der Waals surface area (Å²) in [4.78, 5) is 25.3. The molecule has 2 aromatic carbocycles. The van der Waals surface area contributed by atoms with Crippen molar-refractivity contribution in [3.63, 3.8) is 0 Å². The third-order valence-electron chi connectivity index (χ3n) is 4.83. The standard InChI is InChI=1S/C21H23FN2O3/c22-18-7-6-16-10-11-24(14-17(16)13-18)21(27)23-19(8-9-20(25)26)12-15-4-2-1-3-5-15/h1-7,13,19H,8-12,14H2,(H,23,27)(H,25,26). The Balaban J connectivity index is 1.65. The highest BCUT2D eigenvalue weighted by atomic mass is 19.1. The molecule has 1 atom stereocenters. The van der Waals surface area contributed by atoms with Crippen molar-refractivity contribution in [3.05, 3.63) is 71.0 Å². The Kier molecular flexibility index (Phi) is 6.06. The van der Waals surface area contributed by atoms with E-state index in [4.69, 9.17) is 5.11 Å². The van der Waals surface area contributed by atoms with Gasteiger partial charge in [-0.3, -0.25) is 4.79 Å². The van der Waals surface area contributed by atoms with E-state index in [-0.39, 0.29) is 24.3 Å². The Morgan fingerprint density at radius 2 is 1.93 bits per heavy atom. The molecule has 27 heavy (non-hydrogen) atoms. The lowest BCUT2D eigenvalue weighted by Crippen LogP contribution is -2.47. The van der Waals surface area contributed by atoms with Crippen molar-refractivity contribution in [3.8, 4) is 0 Å². The van der Waals surface area contributed by atoms with Crippen LogP contribution in [0.4, 0.5) is 9.18 Å². The van der Waals surface area contributed by atoms with Crippen LogP contribution in [0, 0.1) is 5.82 Å². The van der Waals surface area contributed by atoms with Crippen LogP contribution in [0.1, 0.15) is 29.5 Å². The second kappa shape index (κ2) is 8.66. The van der Waals surface area contributed by atoms with Crippen molar-refractivity contribution in [2.45, 2.75) is 38.3 Å². The van der Waals surface area contributed by atoms with Gasteiger partial charge in [-0.05, 0) is 48.1 Å². The van der Waals surface area contributed by atoms with Crippen LogP contribution in [0.3, 0.4) is 0 Å². The predicted molar refractivity (Wildman–Crippen MR) is 99.8 cm³/mol. The maximum absolute atomic E-state index is 13.5. The molecule has 0 fully saturated rings. The third-order valence-corrected chi connectivity index (χ3v) is 4.83. The number of urea groups is 1. The number of hydrogen-bond donors (Lipinski definition) is 2. The number of carboxylic acids is 1. The second-order valence-electron chi connectivity index (χ2n) is 6.85. The summed E-state index contributed by atoms with van der Waals surface area (Å²) >= 11 is 0. The molecule has 0 aromatic heterocycles. The fourth-order valence-corrected chi connectivity index (χ4v) is 3.39. The van der Waals surface area contributed by atoms with Gasteiger partial charge in [0.1, 0.15) is 5.82 Å². The number of hydrogen-bond acceptors (Lipinski definition) is 2. The van der Waals surface area contributed by atoms with Crippen LogP contribution in [0.5, 0.6) is 0 Å². The van der Waals surface area contributed by atoms with E-state index < -0.39 is 5.97 Å². The van der Waals surface area contributed by atoms with Crippen molar-refractivity contribution < 1.29 is 19.1 Å². The van der Waals surface area contributed by atoms with E-state index in [1.165, 1.54) is 12.1 Å². The lowest BCUT2D eigenvalue weighted by atomic mass is 9.99. The van der Waals surface area contributed by atoms with Crippen LogP contribution >= 0.6 is 0 Å². The van der Waals surface area contributed by atoms with E-state index in [2.05, 4.69) is 5.32 Å². The Bertz CT molecular complexity index is 810. The summed E-state index contributed by atoms with van der Waals surface area (Å²) in [6.07, 6.45) is 1.60. The first kappa shape index (κ1) is 18.9. The molecule has 1 unspecified atom stereocenters. The smallest absolute Gasteiger partial charge is 0.317 e. The fraction of sp³-hybridized carbons (Fsp3) is 0.333. The van der Waals surface area contributed by atoms with E-state index in [1.807, 2.05) is 30.3 Å². The molecule has 2 amide bonds. The molecule has 0 saturated heterocycles. The first-order valence-corrected chi connectivity index (χ1v) is 9.10. The SMILES string of the molecule is O=C(O)CCC(Cc1ccccc1)NC(=O)N1CCc2ccc(F)cc2C1. The predicted octanol–water partition coefficient (Wildman–Crippen LogP) is 3.37. The summed E-state index contributed by atoms with van der Waals surface area (Å²) in [5.74, 6) is -1.19. The summed E-state index contributed by atoms with van der Waals surface area (Å²) in [5.41, 5.74) is 2.92. The van der Waals surface area contributed by atoms with Crippen LogP contribution in [-0.2, 0) is 24.2 Å². The summed E-state index contributed by atoms with van der Waals surface area (Å²) in [7, 11) is 0. The minimum atomic E-state index is -0.885. The second-order valence-corrected chi connectivity index (χ2v) is 6.85. The minimum absolute atomic E-state index is 0.00811. The van der Waals surface area contributed by atoms with Crippen molar-refractivity contribution in [2.75, 3.05) is 6.54 Å². The number of halogens is 1. The third kappa shape index (κ3) is 5.29. The molecule has 142 valence electrons. The van der Waals surface area contributed by atoms with Gasteiger partial charge in [-0.25, -0.2) is 9.18 Å². The molecule has 0 radical (unpaired) electrons. The molecule has 0 bridgehead atoms. The van der Waals surface area contributed by atoms with Crippen LogP contribution in [0.2, 0.25) is 0 Å². The number of carbonyl (C=O) groups excluding carboxylic acids is 1. The number of amides is 2. The zero-order chi connectivity index (χ0) is 19.2. The van der Waals surface area contributed by atoms with Gasteiger partial charge in [0.05, 0.1) is 0 Å². The van der Waals surface area contributed by atoms with Crippen molar-refractivity contribution in [2.24, 2.45) is 0 Å². The van der Waals surface area contributed by atoms with E-state index in [0.29, 0.717) is 32.4 Å². The Morgan fingerprint density at radius 3 is 2.67 bits per heavy atom. The van der Waals surface area contributed by atoms with E-state index in [9.17, 15) is 14.0 Å². The van der Waals surface area contributed by atoms with Gasteiger partial charge in [0.15, 0.2) is 0 Å². The van der Waals surface area contributed by atoms with Gasteiger partial charge in [-0.1, -0.05) is 36.4 Å². The van der Waals surface area contributed by atoms with E-state index >= 15 is 0 Å². The number of nitrogens with one attached hydrogen (secondary N) is 1. The van der Waals surface area contributed by atoms with Crippen LogP contribution in [0.25, 0.3) is 0 Å². The molecule has 0 saturated carbocycles. The normalized spacial score (nSPS) is 14.3. The van der Waals surface area contributed by atoms with Gasteiger partial charge in [-0.15, -0.1) is 0 Å². The molecular formula is C21H23FN2O3. The van der Waals surface area contributed by atoms with Gasteiger partial charge >= 0.3 is 12.0 Å². The molecule has 2 N–H and O–H groups in total. The van der Waals surface area contributed by atoms with Crippen LogP contribution < -0.4 is 5.32 Å². The highest BCUT2D eigenvalue weighted by Gasteiger charge is 2.23. The Morgan fingerprint density at radius 1 is 1.15 bits per heavy atom. The molecule has 6 heteroatoms. The molecule has 2 aromatic rings. The number of carboxylic acid groups (broad SMARTS) is 1. The number of aliphatic carboxylic acids is 1. The first-order valence-electron chi connectivity index (χ1n) is 9.10. The lowest BCUT2D eigenvalue weighted by molar-refractivity contribution is -0.137. The summed E-state index contributed by atoms with van der Waals surface area (Å²) in [6.45, 7) is 0.914. The zero-order valence-electron chi connectivity index (χ0n) is 15.0. The average molecular weight is 370 g/mol. The quantitative estimate of drug-likeness (QED) is 0.819. The number of rotatable bonds is 6. The van der Waals surface area contributed by atoms with Gasteiger partial charge in [0.25, 0.3) is 0 Å². The Hall–Kier alpha value is -2.89. The maximum atomic E-state index is 13.5. The molecule has 1 heterocycles. The number of nitrogens with zero attached hydrogens (tertiary/aromatic N) is 1. The summed E-state index contributed by atoms with van der Waals surface area (Å²) in [6, 6.07) is 13.8. The Labute approximate surface area is 157 Å². The minimum Gasteiger partial charge on any atom is -0.481 e. The molecule has 1 aliphatic heterocycles. The summed E-state index contributed by atoms with van der Waals surface area (Å²) in [5, 5.41) is 12.0. The molecule has 0 spiro atoms. The van der Waals surface area contributed by atoms with Crippen molar-refractivity contribution in [1.29, 1.82) is 0 Å². The largest absolute Gasteiger partial charge is 0.481 e. The molecule has 5 nitrogen and oxygen atoms in total. The van der Waals surface area contributed by atoms with Gasteiger partial charge in [-0.2, -0.15) is 0 Å². The number of benzene rings is 2. The molecule has 3 rings (SSSR count). The fourth-order valence-electron chi connectivity index (χ4n) is 3.39. The van der Waals surface area contributed by atoms with Gasteiger partial charge in [0, 0.05) is 25.6 Å². The number of carbonyl (C=O) groups is 2. The lowest BCUT2D eigenvalue weighted by Gasteiger charge is -2.31. The average Bonchev–Trinajstić information content (AvgIpc) is 2.66. The van der Waals surface area contributed by atoms with Gasteiger partial charge < -0.3 is 15.3 Å². The van der Waals surface area contributed by atoms with E-state index in [1.54, 1.807) is 11.0 Å². The maximum Gasteiger partial charge on any atom is 0.317 e. The summed E-state index contributed by atoms with van der Waals surface area (Å²) < 4.78 is 13.5. The van der Waals surface area contributed by atoms with Crippen LogP contribution in [0.15, 0.2) is 48.5 Å². The highest BCUT2D eigenvalue weighted by Crippen LogP contribution is 2.20. The van der Waals surface area contributed by atoms with Gasteiger partial charge in [0.2, 0.25) is 0 Å². The number of fused-ring (bicyclic) bond motifs is 1. The monoisotopic (exact) mass is 370 g/mol. The van der Waals surface area contributed by atoms with E-state index in [0.717, 1.165) is 16.7 Å².